The molecular formula is C17H26N4. The first-order valence-electron chi connectivity index (χ1n) is 7.68. The number of hydrogen-bond donors (Lipinski definition) is 0. The quantitative estimate of drug-likeness (QED) is 0.851. The number of nitrogens with zero attached hydrogens (tertiary/aromatic N) is 4. The van der Waals surface area contributed by atoms with Crippen molar-refractivity contribution < 1.29 is 0 Å². The molecule has 1 fully saturated rings. The molecule has 0 radical (unpaired) electrons. The van der Waals surface area contributed by atoms with Gasteiger partial charge in [-0.15, -0.1) is 0 Å². The van der Waals surface area contributed by atoms with Gasteiger partial charge in [-0.05, 0) is 31.2 Å². The van der Waals surface area contributed by atoms with E-state index in [4.69, 9.17) is 0 Å². The number of likely N-dealkylation sites (N-methyl/N-ethyl adjacent to an activating group) is 1. The molecule has 2 rings (SSSR count). The highest BCUT2D eigenvalue weighted by molar-refractivity contribution is 5.47. The van der Waals surface area contributed by atoms with E-state index in [0.29, 0.717) is 6.04 Å². The van der Waals surface area contributed by atoms with Gasteiger partial charge < -0.3 is 9.80 Å². The van der Waals surface area contributed by atoms with Gasteiger partial charge in [0.15, 0.2) is 0 Å². The summed E-state index contributed by atoms with van der Waals surface area (Å²) in [4.78, 5) is 6.80. The Morgan fingerprint density at radius 2 is 1.95 bits per heavy atom. The van der Waals surface area contributed by atoms with Crippen LogP contribution in [-0.2, 0) is 0 Å². The maximum absolute atomic E-state index is 9.62. The van der Waals surface area contributed by atoms with Crippen molar-refractivity contribution in [1.82, 2.24) is 9.80 Å². The normalized spacial score (nSPS) is 21.8. The summed E-state index contributed by atoms with van der Waals surface area (Å²) in [5.74, 6) is 0. The van der Waals surface area contributed by atoms with Crippen molar-refractivity contribution in [2.75, 3.05) is 45.7 Å². The molecule has 1 aromatic carbocycles. The Bertz CT molecular complexity index is 489. The fraction of sp³-hybridized carbons (Fsp3) is 0.588. The number of nitriles is 1. The number of rotatable bonds is 4. The van der Waals surface area contributed by atoms with Gasteiger partial charge in [0.25, 0.3) is 0 Å². The van der Waals surface area contributed by atoms with Gasteiger partial charge in [0, 0.05) is 45.5 Å². The number of benzene rings is 1. The third-order valence-electron chi connectivity index (χ3n) is 4.49. The van der Waals surface area contributed by atoms with Crippen molar-refractivity contribution in [1.29, 1.82) is 5.26 Å². The molecule has 2 unspecified atom stereocenters. The minimum absolute atomic E-state index is 0.135. The van der Waals surface area contributed by atoms with Gasteiger partial charge in [0.1, 0.15) is 6.04 Å². The van der Waals surface area contributed by atoms with Crippen LogP contribution in [0.1, 0.15) is 24.9 Å². The van der Waals surface area contributed by atoms with E-state index in [1.165, 1.54) is 5.69 Å². The topological polar surface area (TPSA) is 33.5 Å². The minimum atomic E-state index is -0.135. The van der Waals surface area contributed by atoms with Crippen LogP contribution in [0.4, 0.5) is 5.69 Å². The molecule has 1 aromatic rings. The van der Waals surface area contributed by atoms with Gasteiger partial charge in [-0.3, -0.25) is 4.90 Å². The lowest BCUT2D eigenvalue weighted by molar-refractivity contribution is 0.0773. The van der Waals surface area contributed by atoms with Crippen LogP contribution >= 0.6 is 0 Å². The van der Waals surface area contributed by atoms with Gasteiger partial charge in [0.2, 0.25) is 0 Å². The molecule has 0 amide bonds. The van der Waals surface area contributed by atoms with E-state index in [1.54, 1.807) is 0 Å². The standard InChI is InChI=1S/C17H26N4/c1-5-15-13-21(11-10-20(15)4)17(12-18)14-6-8-16(9-7-14)19(2)3/h6-9,15,17H,5,10-11,13H2,1-4H3. The van der Waals surface area contributed by atoms with Gasteiger partial charge in [0.05, 0.1) is 6.07 Å². The summed E-state index contributed by atoms with van der Waals surface area (Å²) in [7, 11) is 6.24. The largest absolute Gasteiger partial charge is 0.378 e. The third-order valence-corrected chi connectivity index (χ3v) is 4.49. The molecule has 4 nitrogen and oxygen atoms in total. The van der Waals surface area contributed by atoms with E-state index in [2.05, 4.69) is 59.0 Å². The van der Waals surface area contributed by atoms with Crippen molar-refractivity contribution in [3.05, 3.63) is 29.8 Å². The van der Waals surface area contributed by atoms with Crippen LogP contribution in [0.2, 0.25) is 0 Å². The molecule has 0 bridgehead atoms. The lowest BCUT2D eigenvalue weighted by atomic mass is 10.0. The average molecular weight is 286 g/mol. The Kier molecular flexibility index (Phi) is 5.22. The third kappa shape index (κ3) is 3.55. The minimum Gasteiger partial charge on any atom is -0.378 e. The van der Waals surface area contributed by atoms with Crippen LogP contribution in [0.5, 0.6) is 0 Å². The zero-order chi connectivity index (χ0) is 15.4. The fourth-order valence-electron chi connectivity index (χ4n) is 2.97. The summed E-state index contributed by atoms with van der Waals surface area (Å²) in [6.07, 6.45) is 1.13. The molecule has 114 valence electrons. The van der Waals surface area contributed by atoms with E-state index >= 15 is 0 Å². The second kappa shape index (κ2) is 6.93. The summed E-state index contributed by atoms with van der Waals surface area (Å²) < 4.78 is 0. The van der Waals surface area contributed by atoms with Crippen LogP contribution < -0.4 is 4.90 Å². The Labute approximate surface area is 128 Å². The SMILES string of the molecule is CCC1CN(C(C#N)c2ccc(N(C)C)cc2)CCN1C. The summed E-state index contributed by atoms with van der Waals surface area (Å²) >= 11 is 0. The van der Waals surface area contributed by atoms with Crippen molar-refractivity contribution in [3.8, 4) is 6.07 Å². The molecule has 21 heavy (non-hydrogen) atoms. The molecule has 0 saturated carbocycles. The predicted octanol–water partition coefficient (Wildman–Crippen LogP) is 2.34. The molecule has 0 aliphatic carbocycles. The molecule has 2 atom stereocenters. The zero-order valence-corrected chi connectivity index (χ0v) is 13.6. The van der Waals surface area contributed by atoms with Crippen molar-refractivity contribution in [2.24, 2.45) is 0 Å². The number of anilines is 1. The average Bonchev–Trinajstić information content (AvgIpc) is 2.50. The zero-order valence-electron chi connectivity index (χ0n) is 13.6. The van der Waals surface area contributed by atoms with E-state index in [-0.39, 0.29) is 6.04 Å². The van der Waals surface area contributed by atoms with Gasteiger partial charge >= 0.3 is 0 Å². The molecular weight excluding hydrogens is 260 g/mol. The Hall–Kier alpha value is -1.57. The Balaban J connectivity index is 2.14. The second-order valence-corrected chi connectivity index (χ2v) is 6.06. The van der Waals surface area contributed by atoms with Crippen molar-refractivity contribution >= 4 is 5.69 Å². The molecule has 0 aromatic heterocycles. The Morgan fingerprint density at radius 3 is 2.48 bits per heavy atom. The van der Waals surface area contributed by atoms with E-state index < -0.39 is 0 Å². The highest BCUT2D eigenvalue weighted by Gasteiger charge is 2.28. The van der Waals surface area contributed by atoms with Gasteiger partial charge in [-0.2, -0.15) is 5.26 Å². The summed E-state index contributed by atoms with van der Waals surface area (Å²) in [5, 5.41) is 9.62. The first kappa shape index (κ1) is 15.8. The van der Waals surface area contributed by atoms with Crippen LogP contribution in [0.3, 0.4) is 0 Å². The summed E-state index contributed by atoms with van der Waals surface area (Å²) in [6.45, 7) is 5.19. The second-order valence-electron chi connectivity index (χ2n) is 6.06. The maximum atomic E-state index is 9.62. The van der Waals surface area contributed by atoms with Crippen LogP contribution in [0, 0.1) is 11.3 Å². The number of hydrogen-bond acceptors (Lipinski definition) is 4. The molecule has 1 heterocycles. The van der Waals surface area contributed by atoms with E-state index in [0.717, 1.165) is 31.6 Å². The molecule has 0 N–H and O–H groups in total. The number of piperazine rings is 1. The molecule has 4 heteroatoms. The van der Waals surface area contributed by atoms with Gasteiger partial charge in [-0.1, -0.05) is 19.1 Å². The molecule has 1 aliphatic rings. The lowest BCUT2D eigenvalue weighted by Crippen LogP contribution is -2.51. The van der Waals surface area contributed by atoms with Crippen LogP contribution in [0.25, 0.3) is 0 Å². The van der Waals surface area contributed by atoms with E-state index in [9.17, 15) is 5.26 Å². The highest BCUT2D eigenvalue weighted by atomic mass is 15.3. The molecule has 1 saturated heterocycles. The summed E-state index contributed by atoms with van der Waals surface area (Å²) in [6, 6.07) is 11.3. The highest BCUT2D eigenvalue weighted by Crippen LogP contribution is 2.25. The predicted molar refractivity (Wildman–Crippen MR) is 87.4 cm³/mol. The van der Waals surface area contributed by atoms with E-state index in [1.807, 2.05) is 14.1 Å². The summed E-state index contributed by atoms with van der Waals surface area (Å²) in [5.41, 5.74) is 2.27. The maximum Gasteiger partial charge on any atom is 0.123 e. The van der Waals surface area contributed by atoms with Crippen LogP contribution in [0.15, 0.2) is 24.3 Å². The first-order valence-corrected chi connectivity index (χ1v) is 7.68. The monoisotopic (exact) mass is 286 g/mol. The Morgan fingerprint density at radius 1 is 1.29 bits per heavy atom. The van der Waals surface area contributed by atoms with Crippen molar-refractivity contribution in [2.45, 2.75) is 25.4 Å². The fourth-order valence-corrected chi connectivity index (χ4v) is 2.97. The first-order chi connectivity index (χ1) is 10.1. The lowest BCUT2D eigenvalue weighted by Gasteiger charge is -2.41. The molecule has 0 spiro atoms. The molecule has 1 aliphatic heterocycles. The van der Waals surface area contributed by atoms with Gasteiger partial charge in [-0.25, -0.2) is 0 Å². The van der Waals surface area contributed by atoms with Crippen LogP contribution in [-0.4, -0.2) is 56.6 Å². The van der Waals surface area contributed by atoms with Crippen molar-refractivity contribution in [3.63, 3.8) is 0 Å². The smallest absolute Gasteiger partial charge is 0.123 e.